The number of carbonyl (C=O) groups is 1. The Morgan fingerprint density at radius 3 is 1.91 bits per heavy atom. The third-order valence-corrected chi connectivity index (χ3v) is 3.42. The summed E-state index contributed by atoms with van der Waals surface area (Å²) >= 11 is 0. The zero-order chi connectivity index (χ0) is 8.11. The number of fused-ring (bicyclic) bond motifs is 2. The van der Waals surface area contributed by atoms with Crippen molar-refractivity contribution < 1.29 is 4.79 Å². The Kier molecular flexibility index (Phi) is 1.15. The van der Waals surface area contributed by atoms with E-state index in [0.29, 0.717) is 0 Å². The summed E-state index contributed by atoms with van der Waals surface area (Å²) in [7, 11) is 0. The van der Waals surface area contributed by atoms with Crippen LogP contribution in [0.2, 0.25) is 0 Å². The SMILES string of the molecule is NC(=O)C12CCC(N)(CC1)C2. The summed E-state index contributed by atoms with van der Waals surface area (Å²) in [5.41, 5.74) is 11.1. The normalized spacial score (nSPS) is 48.1. The molecule has 2 aliphatic rings. The fourth-order valence-electron chi connectivity index (χ4n) is 2.59. The molecule has 0 aromatic carbocycles. The van der Waals surface area contributed by atoms with Crippen LogP contribution in [0.3, 0.4) is 0 Å². The molecule has 0 aromatic rings. The van der Waals surface area contributed by atoms with Gasteiger partial charge in [-0.15, -0.1) is 0 Å². The Morgan fingerprint density at radius 2 is 1.73 bits per heavy atom. The quantitative estimate of drug-likeness (QED) is 0.563. The number of nitrogens with two attached hydrogens (primary N) is 2. The van der Waals surface area contributed by atoms with Gasteiger partial charge in [0.1, 0.15) is 0 Å². The number of amides is 1. The van der Waals surface area contributed by atoms with Crippen molar-refractivity contribution in [3.8, 4) is 0 Å². The average Bonchev–Trinajstić information content (AvgIpc) is 2.42. The summed E-state index contributed by atoms with van der Waals surface area (Å²) in [6.07, 6.45) is 4.62. The minimum atomic E-state index is -0.214. The summed E-state index contributed by atoms with van der Waals surface area (Å²) in [5, 5.41) is 0. The largest absolute Gasteiger partial charge is 0.369 e. The molecule has 62 valence electrons. The van der Waals surface area contributed by atoms with E-state index in [2.05, 4.69) is 0 Å². The first-order valence-corrected chi connectivity index (χ1v) is 4.15. The van der Waals surface area contributed by atoms with E-state index in [-0.39, 0.29) is 16.9 Å². The van der Waals surface area contributed by atoms with Gasteiger partial charge in [-0.05, 0) is 32.1 Å². The molecule has 4 N–H and O–H groups in total. The maximum absolute atomic E-state index is 11.1. The number of hydrogen-bond donors (Lipinski definition) is 2. The van der Waals surface area contributed by atoms with Crippen molar-refractivity contribution in [1.29, 1.82) is 0 Å². The monoisotopic (exact) mass is 154 g/mol. The van der Waals surface area contributed by atoms with Crippen LogP contribution in [-0.4, -0.2) is 11.4 Å². The van der Waals surface area contributed by atoms with Crippen LogP contribution in [0, 0.1) is 5.41 Å². The predicted molar refractivity (Wildman–Crippen MR) is 41.6 cm³/mol. The molecule has 2 rings (SSSR count). The van der Waals surface area contributed by atoms with Crippen molar-refractivity contribution in [3.63, 3.8) is 0 Å². The lowest BCUT2D eigenvalue weighted by Crippen LogP contribution is -2.34. The summed E-state index contributed by atoms with van der Waals surface area (Å²) in [6, 6.07) is 0. The molecule has 2 saturated carbocycles. The Hall–Kier alpha value is -0.570. The van der Waals surface area contributed by atoms with Gasteiger partial charge in [-0.25, -0.2) is 0 Å². The fraction of sp³-hybridized carbons (Fsp3) is 0.875. The molecule has 0 atom stereocenters. The number of rotatable bonds is 1. The summed E-state index contributed by atoms with van der Waals surface area (Å²) in [5.74, 6) is -0.137. The second-order valence-corrected chi connectivity index (χ2v) is 4.18. The van der Waals surface area contributed by atoms with Gasteiger partial charge >= 0.3 is 0 Å². The van der Waals surface area contributed by atoms with Crippen LogP contribution in [0.4, 0.5) is 0 Å². The molecule has 0 spiro atoms. The van der Waals surface area contributed by atoms with Gasteiger partial charge in [-0.3, -0.25) is 4.79 Å². The standard InChI is InChI=1S/C8H14N2O/c9-6(11)7-1-3-8(10,5-7)4-2-7/h1-5,10H2,(H2,9,11). The number of primary amides is 1. The van der Waals surface area contributed by atoms with Gasteiger partial charge in [0, 0.05) is 5.54 Å². The Labute approximate surface area is 66.1 Å². The van der Waals surface area contributed by atoms with Crippen LogP contribution in [0.15, 0.2) is 0 Å². The first-order valence-electron chi connectivity index (χ1n) is 4.15. The minimum absolute atomic E-state index is 0.0466. The number of hydrogen-bond acceptors (Lipinski definition) is 2. The second-order valence-electron chi connectivity index (χ2n) is 4.18. The third kappa shape index (κ3) is 0.805. The molecular formula is C8H14N2O. The van der Waals surface area contributed by atoms with Gasteiger partial charge in [0.2, 0.25) is 5.91 Å². The van der Waals surface area contributed by atoms with E-state index in [9.17, 15) is 4.79 Å². The Balaban J connectivity index is 2.27. The molecule has 0 aromatic heterocycles. The molecule has 0 saturated heterocycles. The molecule has 0 unspecified atom stereocenters. The molecule has 0 aliphatic heterocycles. The highest BCUT2D eigenvalue weighted by Gasteiger charge is 2.55. The van der Waals surface area contributed by atoms with E-state index >= 15 is 0 Å². The molecule has 2 bridgehead atoms. The topological polar surface area (TPSA) is 69.1 Å². The van der Waals surface area contributed by atoms with Gasteiger partial charge in [0.25, 0.3) is 0 Å². The molecule has 2 fully saturated rings. The van der Waals surface area contributed by atoms with Crippen LogP contribution >= 0.6 is 0 Å². The summed E-state index contributed by atoms with van der Waals surface area (Å²) in [4.78, 5) is 11.1. The van der Waals surface area contributed by atoms with Gasteiger partial charge in [0.15, 0.2) is 0 Å². The molecule has 3 nitrogen and oxygen atoms in total. The second kappa shape index (κ2) is 1.78. The van der Waals surface area contributed by atoms with Gasteiger partial charge in [0.05, 0.1) is 5.41 Å². The highest BCUT2D eigenvalue weighted by molar-refractivity contribution is 5.82. The smallest absolute Gasteiger partial charge is 0.223 e. The number of carbonyl (C=O) groups excluding carboxylic acids is 1. The van der Waals surface area contributed by atoms with E-state index < -0.39 is 0 Å². The van der Waals surface area contributed by atoms with Crippen molar-refractivity contribution in [1.82, 2.24) is 0 Å². The zero-order valence-electron chi connectivity index (χ0n) is 6.60. The van der Waals surface area contributed by atoms with E-state index in [0.717, 1.165) is 32.1 Å². The molecular weight excluding hydrogens is 140 g/mol. The lowest BCUT2D eigenvalue weighted by molar-refractivity contribution is -0.127. The lowest BCUT2D eigenvalue weighted by atomic mass is 9.83. The average molecular weight is 154 g/mol. The molecule has 2 aliphatic carbocycles. The van der Waals surface area contributed by atoms with E-state index in [1.807, 2.05) is 0 Å². The van der Waals surface area contributed by atoms with Crippen LogP contribution < -0.4 is 11.5 Å². The molecule has 0 radical (unpaired) electrons. The maximum atomic E-state index is 11.1. The van der Waals surface area contributed by atoms with E-state index in [1.54, 1.807) is 0 Å². The first kappa shape index (κ1) is 7.10. The third-order valence-electron chi connectivity index (χ3n) is 3.42. The van der Waals surface area contributed by atoms with Gasteiger partial charge in [-0.2, -0.15) is 0 Å². The van der Waals surface area contributed by atoms with Crippen molar-refractivity contribution in [2.75, 3.05) is 0 Å². The van der Waals surface area contributed by atoms with Crippen molar-refractivity contribution in [2.24, 2.45) is 16.9 Å². The van der Waals surface area contributed by atoms with Crippen LogP contribution in [0.5, 0.6) is 0 Å². The Morgan fingerprint density at radius 1 is 1.18 bits per heavy atom. The van der Waals surface area contributed by atoms with Crippen molar-refractivity contribution >= 4 is 5.91 Å². The van der Waals surface area contributed by atoms with Gasteiger partial charge < -0.3 is 11.5 Å². The first-order chi connectivity index (χ1) is 5.06. The fourth-order valence-corrected chi connectivity index (χ4v) is 2.59. The minimum Gasteiger partial charge on any atom is -0.369 e. The van der Waals surface area contributed by atoms with Gasteiger partial charge in [-0.1, -0.05) is 0 Å². The molecule has 1 amide bonds. The van der Waals surface area contributed by atoms with Crippen LogP contribution in [-0.2, 0) is 4.79 Å². The van der Waals surface area contributed by atoms with Crippen molar-refractivity contribution in [2.45, 2.75) is 37.6 Å². The molecule has 0 heterocycles. The highest BCUT2D eigenvalue weighted by Crippen LogP contribution is 2.54. The van der Waals surface area contributed by atoms with E-state index in [4.69, 9.17) is 11.5 Å². The highest BCUT2D eigenvalue weighted by atomic mass is 16.1. The summed E-state index contributed by atoms with van der Waals surface area (Å²) in [6.45, 7) is 0. The molecule has 3 heteroatoms. The summed E-state index contributed by atoms with van der Waals surface area (Å²) < 4.78 is 0. The Bertz CT molecular complexity index is 204. The van der Waals surface area contributed by atoms with Crippen LogP contribution in [0.25, 0.3) is 0 Å². The predicted octanol–water partition coefficient (Wildman–Crippen LogP) is 0.133. The van der Waals surface area contributed by atoms with Crippen molar-refractivity contribution in [3.05, 3.63) is 0 Å². The zero-order valence-corrected chi connectivity index (χ0v) is 6.60. The molecule has 11 heavy (non-hydrogen) atoms. The lowest BCUT2D eigenvalue weighted by Gasteiger charge is -2.22. The maximum Gasteiger partial charge on any atom is 0.223 e. The van der Waals surface area contributed by atoms with Crippen LogP contribution in [0.1, 0.15) is 32.1 Å². The van der Waals surface area contributed by atoms with E-state index in [1.165, 1.54) is 0 Å².